The Kier molecular flexibility index (Phi) is 3.54. The van der Waals surface area contributed by atoms with Gasteiger partial charge in [-0.2, -0.15) is 0 Å². The van der Waals surface area contributed by atoms with Crippen molar-refractivity contribution >= 4 is 11.6 Å². The van der Waals surface area contributed by atoms with Crippen molar-refractivity contribution in [3.8, 4) is 22.8 Å². The van der Waals surface area contributed by atoms with Gasteiger partial charge in [-0.3, -0.25) is 0 Å². The van der Waals surface area contributed by atoms with Crippen LogP contribution in [0.5, 0.6) is 11.5 Å². The number of nitrogens with zero attached hydrogens (tertiary/aromatic N) is 1. The number of imidazole rings is 1. The van der Waals surface area contributed by atoms with E-state index in [1.54, 1.807) is 20.4 Å². The van der Waals surface area contributed by atoms with Crippen molar-refractivity contribution in [1.82, 2.24) is 9.97 Å². The second-order valence-electron chi connectivity index (χ2n) is 3.44. The van der Waals surface area contributed by atoms with Crippen LogP contribution in [0.1, 0.15) is 5.82 Å². The molecule has 17 heavy (non-hydrogen) atoms. The van der Waals surface area contributed by atoms with Crippen molar-refractivity contribution in [2.45, 2.75) is 5.88 Å². The van der Waals surface area contributed by atoms with Gasteiger partial charge < -0.3 is 14.5 Å². The number of methoxy groups -OCH3 is 2. The molecule has 1 N–H and O–H groups in total. The van der Waals surface area contributed by atoms with Crippen LogP contribution in [0.15, 0.2) is 24.4 Å². The summed E-state index contributed by atoms with van der Waals surface area (Å²) in [5, 5.41) is 0. The maximum absolute atomic E-state index is 5.71. The average Bonchev–Trinajstić information content (AvgIpc) is 2.86. The van der Waals surface area contributed by atoms with Gasteiger partial charge in [-0.25, -0.2) is 4.98 Å². The Bertz CT molecular complexity index is 511. The topological polar surface area (TPSA) is 47.1 Å². The Hall–Kier alpha value is -1.68. The number of hydrogen-bond acceptors (Lipinski definition) is 3. The van der Waals surface area contributed by atoms with E-state index in [0.29, 0.717) is 5.88 Å². The molecule has 0 aliphatic carbocycles. The van der Waals surface area contributed by atoms with E-state index in [0.717, 1.165) is 28.6 Å². The average molecular weight is 253 g/mol. The molecule has 1 aromatic heterocycles. The van der Waals surface area contributed by atoms with Crippen LogP contribution in [-0.2, 0) is 5.88 Å². The number of aromatic amines is 1. The second kappa shape index (κ2) is 5.10. The SMILES string of the molecule is COc1ccc(OC)c(-c2cnc(CCl)[nH]2)c1. The summed E-state index contributed by atoms with van der Waals surface area (Å²) in [5.41, 5.74) is 1.76. The maximum atomic E-state index is 5.71. The first-order valence-electron chi connectivity index (χ1n) is 5.10. The Morgan fingerprint density at radius 3 is 2.71 bits per heavy atom. The zero-order valence-corrected chi connectivity index (χ0v) is 10.4. The zero-order chi connectivity index (χ0) is 12.3. The fraction of sp³-hybridized carbons (Fsp3) is 0.250. The zero-order valence-electron chi connectivity index (χ0n) is 9.66. The minimum atomic E-state index is 0.353. The lowest BCUT2D eigenvalue weighted by molar-refractivity contribution is 0.404. The Morgan fingerprint density at radius 2 is 2.12 bits per heavy atom. The number of ether oxygens (including phenoxy) is 2. The van der Waals surface area contributed by atoms with Crippen molar-refractivity contribution < 1.29 is 9.47 Å². The van der Waals surface area contributed by atoms with E-state index in [-0.39, 0.29) is 0 Å². The minimum Gasteiger partial charge on any atom is -0.497 e. The van der Waals surface area contributed by atoms with E-state index in [9.17, 15) is 0 Å². The van der Waals surface area contributed by atoms with E-state index < -0.39 is 0 Å². The molecule has 0 aliphatic rings. The second-order valence-corrected chi connectivity index (χ2v) is 3.71. The van der Waals surface area contributed by atoms with Crippen LogP contribution in [-0.4, -0.2) is 24.2 Å². The third-order valence-electron chi connectivity index (χ3n) is 2.45. The fourth-order valence-corrected chi connectivity index (χ4v) is 1.73. The van der Waals surface area contributed by atoms with E-state index in [1.165, 1.54) is 0 Å². The lowest BCUT2D eigenvalue weighted by atomic mass is 10.1. The summed E-state index contributed by atoms with van der Waals surface area (Å²) in [6, 6.07) is 5.60. The number of rotatable bonds is 4. The van der Waals surface area contributed by atoms with Gasteiger partial charge in [0.15, 0.2) is 0 Å². The molecule has 0 radical (unpaired) electrons. The number of nitrogens with one attached hydrogen (secondary N) is 1. The predicted octanol–water partition coefficient (Wildman–Crippen LogP) is 2.83. The number of benzene rings is 1. The normalized spacial score (nSPS) is 10.3. The largest absolute Gasteiger partial charge is 0.497 e. The van der Waals surface area contributed by atoms with Crippen LogP contribution in [0, 0.1) is 0 Å². The molecule has 1 heterocycles. The van der Waals surface area contributed by atoms with Crippen LogP contribution in [0.25, 0.3) is 11.3 Å². The molecule has 2 rings (SSSR count). The summed E-state index contributed by atoms with van der Waals surface area (Å²) >= 11 is 5.71. The maximum Gasteiger partial charge on any atom is 0.128 e. The highest BCUT2D eigenvalue weighted by Crippen LogP contribution is 2.32. The van der Waals surface area contributed by atoms with E-state index in [2.05, 4.69) is 9.97 Å². The molecular formula is C12H13ClN2O2. The number of halogens is 1. The Morgan fingerprint density at radius 1 is 1.29 bits per heavy atom. The van der Waals surface area contributed by atoms with Gasteiger partial charge in [-0.15, -0.1) is 11.6 Å². The smallest absolute Gasteiger partial charge is 0.128 e. The molecular weight excluding hydrogens is 240 g/mol. The monoisotopic (exact) mass is 252 g/mol. The van der Waals surface area contributed by atoms with Gasteiger partial charge >= 0.3 is 0 Å². The lowest BCUT2D eigenvalue weighted by Crippen LogP contribution is -1.90. The first kappa shape index (κ1) is 11.8. The molecule has 0 bridgehead atoms. The van der Waals surface area contributed by atoms with Gasteiger partial charge in [-0.05, 0) is 18.2 Å². The van der Waals surface area contributed by atoms with Crippen LogP contribution in [0.3, 0.4) is 0 Å². The highest BCUT2D eigenvalue weighted by atomic mass is 35.5. The molecule has 0 aliphatic heterocycles. The molecule has 4 nitrogen and oxygen atoms in total. The van der Waals surface area contributed by atoms with E-state index >= 15 is 0 Å². The van der Waals surface area contributed by atoms with Crippen molar-refractivity contribution in [1.29, 1.82) is 0 Å². The Balaban J connectivity index is 2.47. The molecule has 5 heteroatoms. The van der Waals surface area contributed by atoms with Gasteiger partial charge in [-0.1, -0.05) is 0 Å². The highest BCUT2D eigenvalue weighted by Gasteiger charge is 2.10. The summed E-state index contributed by atoms with van der Waals surface area (Å²) in [6.07, 6.45) is 1.73. The van der Waals surface area contributed by atoms with Crippen LogP contribution in [0.4, 0.5) is 0 Å². The predicted molar refractivity (Wildman–Crippen MR) is 66.7 cm³/mol. The fourth-order valence-electron chi connectivity index (χ4n) is 1.59. The summed E-state index contributed by atoms with van der Waals surface area (Å²) in [4.78, 5) is 7.28. The molecule has 0 unspecified atom stereocenters. The van der Waals surface area contributed by atoms with E-state index in [4.69, 9.17) is 21.1 Å². The molecule has 0 spiro atoms. The standard InChI is InChI=1S/C12H13ClN2O2/c1-16-8-3-4-11(17-2)9(5-8)10-7-14-12(6-13)15-10/h3-5,7H,6H2,1-2H3,(H,14,15). The van der Waals surface area contributed by atoms with Gasteiger partial charge in [0.05, 0.1) is 32.0 Å². The van der Waals surface area contributed by atoms with Gasteiger partial charge in [0.2, 0.25) is 0 Å². The van der Waals surface area contributed by atoms with Crippen molar-refractivity contribution in [2.75, 3.05) is 14.2 Å². The molecule has 0 saturated heterocycles. The third-order valence-corrected chi connectivity index (χ3v) is 2.70. The van der Waals surface area contributed by atoms with Crippen molar-refractivity contribution in [3.05, 3.63) is 30.2 Å². The lowest BCUT2D eigenvalue weighted by Gasteiger charge is -2.08. The van der Waals surface area contributed by atoms with Crippen molar-refractivity contribution in [3.63, 3.8) is 0 Å². The van der Waals surface area contributed by atoms with Gasteiger partial charge in [0.25, 0.3) is 0 Å². The van der Waals surface area contributed by atoms with Gasteiger partial charge in [0, 0.05) is 5.56 Å². The summed E-state index contributed by atoms with van der Waals surface area (Å²) in [5.74, 6) is 2.61. The number of hydrogen-bond donors (Lipinski definition) is 1. The number of alkyl halides is 1. The quantitative estimate of drug-likeness (QED) is 0.852. The first-order chi connectivity index (χ1) is 8.28. The van der Waals surface area contributed by atoms with Crippen LogP contribution < -0.4 is 9.47 Å². The summed E-state index contributed by atoms with van der Waals surface area (Å²) in [6.45, 7) is 0. The third kappa shape index (κ3) is 2.36. The summed E-state index contributed by atoms with van der Waals surface area (Å²) in [7, 11) is 3.26. The minimum absolute atomic E-state index is 0.353. The highest BCUT2D eigenvalue weighted by molar-refractivity contribution is 6.16. The molecule has 0 atom stereocenters. The molecule has 1 aromatic carbocycles. The van der Waals surface area contributed by atoms with E-state index in [1.807, 2.05) is 18.2 Å². The van der Waals surface area contributed by atoms with Gasteiger partial charge in [0.1, 0.15) is 17.3 Å². The number of H-pyrrole nitrogens is 1. The molecule has 0 amide bonds. The number of aromatic nitrogens is 2. The molecule has 90 valence electrons. The summed E-state index contributed by atoms with van der Waals surface area (Å²) < 4.78 is 10.5. The van der Waals surface area contributed by atoms with Crippen LogP contribution >= 0.6 is 11.6 Å². The Labute approximate surface area is 105 Å². The molecule has 0 saturated carbocycles. The molecule has 2 aromatic rings. The molecule has 0 fully saturated rings. The van der Waals surface area contributed by atoms with Crippen LogP contribution in [0.2, 0.25) is 0 Å². The van der Waals surface area contributed by atoms with Crippen molar-refractivity contribution in [2.24, 2.45) is 0 Å². The first-order valence-corrected chi connectivity index (χ1v) is 5.64.